The number of benzene rings is 2. The van der Waals surface area contributed by atoms with Gasteiger partial charge in [0.05, 0.1) is 6.10 Å². The maximum atomic E-state index is 13.1. The van der Waals surface area contributed by atoms with Gasteiger partial charge in [0.25, 0.3) is 0 Å². The van der Waals surface area contributed by atoms with Crippen LogP contribution in [0.4, 0.5) is 10.1 Å². The summed E-state index contributed by atoms with van der Waals surface area (Å²) in [7, 11) is 0. The number of likely N-dealkylation sites (tertiary alicyclic amines) is 1. The number of nitrogens with two attached hydrogens (primary N) is 1. The Hall–Kier alpha value is -2.24. The molecule has 0 spiro atoms. The lowest BCUT2D eigenvalue weighted by Gasteiger charge is -2.42. The number of Topliss-reactive ketones (excluding diaryl/α,β-unsaturated/α-hetero) is 1. The number of nitrogens with zero attached hydrogens (tertiary/aromatic N) is 1. The van der Waals surface area contributed by atoms with Crippen molar-refractivity contribution in [3.8, 4) is 0 Å². The minimum Gasteiger partial charge on any atom is -0.398 e. The summed E-state index contributed by atoms with van der Waals surface area (Å²) in [5, 5.41) is 10.7. The number of carbonyl (C=O) groups excluding carboxylic acids is 1. The van der Waals surface area contributed by atoms with Gasteiger partial charge in [0.1, 0.15) is 5.82 Å². The first-order valence-electron chi connectivity index (χ1n) is 9.61. The van der Waals surface area contributed by atoms with E-state index in [-0.39, 0.29) is 23.6 Å². The number of halogens is 1. The first-order valence-corrected chi connectivity index (χ1v) is 9.61. The predicted octanol–water partition coefficient (Wildman–Crippen LogP) is 2.83. The first-order chi connectivity index (χ1) is 13.0. The van der Waals surface area contributed by atoms with Crippen LogP contribution in [-0.4, -0.2) is 41.0 Å². The van der Waals surface area contributed by atoms with Gasteiger partial charge in [-0.2, -0.15) is 0 Å². The van der Waals surface area contributed by atoms with Gasteiger partial charge in [0.2, 0.25) is 0 Å². The van der Waals surface area contributed by atoms with E-state index in [0.29, 0.717) is 12.0 Å². The van der Waals surface area contributed by atoms with Crippen LogP contribution in [0.2, 0.25) is 0 Å². The zero-order valence-electron chi connectivity index (χ0n) is 15.3. The Morgan fingerprint density at radius 1 is 1.07 bits per heavy atom. The number of hydrogen-bond donors (Lipinski definition) is 2. The molecule has 0 aromatic heterocycles. The van der Waals surface area contributed by atoms with E-state index in [9.17, 15) is 14.3 Å². The number of rotatable bonds is 3. The van der Waals surface area contributed by atoms with Gasteiger partial charge < -0.3 is 10.8 Å². The van der Waals surface area contributed by atoms with Crippen LogP contribution in [0, 0.1) is 11.7 Å². The van der Waals surface area contributed by atoms with Crippen LogP contribution in [-0.2, 0) is 12.8 Å². The molecule has 0 saturated carbocycles. The van der Waals surface area contributed by atoms with Crippen molar-refractivity contribution in [2.45, 2.75) is 37.8 Å². The van der Waals surface area contributed by atoms with E-state index in [1.165, 1.54) is 17.7 Å². The Morgan fingerprint density at radius 2 is 1.78 bits per heavy atom. The number of fused-ring (bicyclic) bond motifs is 1. The largest absolute Gasteiger partial charge is 0.398 e. The number of carbonyl (C=O) groups is 1. The minimum absolute atomic E-state index is 0.0321. The van der Waals surface area contributed by atoms with Crippen molar-refractivity contribution in [2.75, 3.05) is 18.8 Å². The Labute approximate surface area is 158 Å². The first kappa shape index (κ1) is 18.1. The van der Waals surface area contributed by atoms with Gasteiger partial charge in [-0.1, -0.05) is 12.1 Å². The molecule has 1 heterocycles. The molecule has 0 bridgehead atoms. The third kappa shape index (κ3) is 3.62. The number of ketones is 1. The van der Waals surface area contributed by atoms with E-state index in [1.807, 2.05) is 12.1 Å². The average molecular weight is 368 g/mol. The molecule has 2 aliphatic rings. The summed E-state index contributed by atoms with van der Waals surface area (Å²) in [5.74, 6) is -0.263. The molecule has 142 valence electrons. The molecule has 4 rings (SSSR count). The highest BCUT2D eigenvalue weighted by atomic mass is 19.1. The topological polar surface area (TPSA) is 66.6 Å². The maximum absolute atomic E-state index is 13.1. The zero-order chi connectivity index (χ0) is 19.0. The van der Waals surface area contributed by atoms with Crippen LogP contribution in [0.15, 0.2) is 42.5 Å². The van der Waals surface area contributed by atoms with Gasteiger partial charge in [-0.15, -0.1) is 0 Å². The second-order valence-corrected chi connectivity index (χ2v) is 7.71. The molecule has 2 aromatic carbocycles. The summed E-state index contributed by atoms with van der Waals surface area (Å²) in [6.45, 7) is 1.58. The number of nitrogen functional groups attached to an aromatic ring is 1. The van der Waals surface area contributed by atoms with E-state index >= 15 is 0 Å². The smallest absolute Gasteiger partial charge is 0.166 e. The lowest BCUT2D eigenvalue weighted by molar-refractivity contribution is 0.0240. The zero-order valence-corrected chi connectivity index (χ0v) is 15.3. The summed E-state index contributed by atoms with van der Waals surface area (Å²) in [5.41, 5.74) is 9.69. The molecular formula is C22H25FN2O2. The van der Waals surface area contributed by atoms with Crippen LogP contribution in [0.1, 0.15) is 34.3 Å². The highest BCUT2D eigenvalue weighted by Crippen LogP contribution is 2.31. The summed E-state index contributed by atoms with van der Waals surface area (Å²) >= 11 is 0. The van der Waals surface area contributed by atoms with E-state index < -0.39 is 6.10 Å². The Kier molecular flexibility index (Phi) is 4.98. The lowest BCUT2D eigenvalue weighted by Crippen LogP contribution is -2.51. The van der Waals surface area contributed by atoms with Crippen LogP contribution in [0.5, 0.6) is 0 Å². The third-order valence-corrected chi connectivity index (χ3v) is 6.09. The van der Waals surface area contributed by atoms with Gasteiger partial charge in [-0.25, -0.2) is 4.39 Å². The maximum Gasteiger partial charge on any atom is 0.166 e. The summed E-state index contributed by atoms with van der Waals surface area (Å²) in [4.78, 5) is 15.0. The Balaban J connectivity index is 1.40. The summed E-state index contributed by atoms with van der Waals surface area (Å²) in [6, 6.07) is 11.8. The number of piperidine rings is 1. The van der Waals surface area contributed by atoms with Crippen LogP contribution in [0.25, 0.3) is 0 Å². The van der Waals surface area contributed by atoms with Crippen molar-refractivity contribution in [1.29, 1.82) is 0 Å². The fraction of sp³-hybridized carbons (Fsp3) is 0.409. The molecule has 2 aromatic rings. The average Bonchev–Trinajstić information content (AvgIpc) is 2.68. The Morgan fingerprint density at radius 3 is 2.48 bits per heavy atom. The van der Waals surface area contributed by atoms with Crippen molar-refractivity contribution >= 4 is 11.5 Å². The van der Waals surface area contributed by atoms with E-state index in [0.717, 1.165) is 43.6 Å². The van der Waals surface area contributed by atoms with Gasteiger partial charge in [-0.3, -0.25) is 9.69 Å². The second-order valence-electron chi connectivity index (χ2n) is 7.71. The Bertz CT molecular complexity index is 829. The lowest BCUT2D eigenvalue weighted by atomic mass is 9.82. The molecule has 4 nitrogen and oxygen atoms in total. The molecule has 1 aliphatic heterocycles. The third-order valence-electron chi connectivity index (χ3n) is 6.09. The van der Waals surface area contributed by atoms with Crippen LogP contribution >= 0.6 is 0 Å². The molecule has 27 heavy (non-hydrogen) atoms. The fourth-order valence-corrected chi connectivity index (χ4v) is 4.52. The molecule has 1 saturated heterocycles. The molecule has 2 atom stereocenters. The van der Waals surface area contributed by atoms with E-state index in [2.05, 4.69) is 11.0 Å². The van der Waals surface area contributed by atoms with Gasteiger partial charge in [0.15, 0.2) is 5.78 Å². The number of aliphatic hydroxyl groups is 1. The van der Waals surface area contributed by atoms with E-state index in [4.69, 9.17) is 5.73 Å². The van der Waals surface area contributed by atoms with Crippen molar-refractivity contribution < 1.29 is 14.3 Å². The number of aliphatic hydroxyl groups excluding tert-OH is 1. The standard InChI is InChI=1S/C22H25FN2O2/c23-17-6-4-14(5-7-17)22(27)15-8-10-25(11-9-15)20-12-16-2-1-3-19(24)18(16)13-21(20)26/h1-7,15,20-21,26H,8-13,24H2/t20-,21-/m1/s1. The van der Waals surface area contributed by atoms with Crippen LogP contribution in [0.3, 0.4) is 0 Å². The van der Waals surface area contributed by atoms with Crippen LogP contribution < -0.4 is 5.73 Å². The fourth-order valence-electron chi connectivity index (χ4n) is 4.52. The predicted molar refractivity (Wildman–Crippen MR) is 103 cm³/mol. The molecule has 3 N–H and O–H groups in total. The second kappa shape index (κ2) is 7.41. The molecule has 0 radical (unpaired) electrons. The van der Waals surface area contributed by atoms with E-state index in [1.54, 1.807) is 12.1 Å². The van der Waals surface area contributed by atoms with Crippen molar-refractivity contribution in [3.05, 3.63) is 65.0 Å². The molecule has 5 heteroatoms. The monoisotopic (exact) mass is 368 g/mol. The highest BCUT2D eigenvalue weighted by molar-refractivity contribution is 5.97. The molecule has 0 unspecified atom stereocenters. The molecular weight excluding hydrogens is 343 g/mol. The summed E-state index contributed by atoms with van der Waals surface area (Å²) in [6.07, 6.45) is 2.47. The van der Waals surface area contributed by atoms with Gasteiger partial charge >= 0.3 is 0 Å². The van der Waals surface area contributed by atoms with Crippen molar-refractivity contribution in [2.24, 2.45) is 5.92 Å². The minimum atomic E-state index is -0.438. The van der Waals surface area contributed by atoms with Crippen molar-refractivity contribution in [3.63, 3.8) is 0 Å². The highest BCUT2D eigenvalue weighted by Gasteiger charge is 2.35. The SMILES string of the molecule is Nc1cccc2c1C[C@@H](O)[C@H](N1CCC(C(=O)c3ccc(F)cc3)CC1)C2. The quantitative estimate of drug-likeness (QED) is 0.646. The number of hydrogen-bond acceptors (Lipinski definition) is 4. The van der Waals surface area contributed by atoms with Gasteiger partial charge in [-0.05, 0) is 73.8 Å². The summed E-state index contributed by atoms with van der Waals surface area (Å²) < 4.78 is 13.1. The normalized spacial score (nSPS) is 23.8. The van der Waals surface area contributed by atoms with Gasteiger partial charge in [0, 0.05) is 29.6 Å². The molecule has 1 aliphatic carbocycles. The number of anilines is 1. The van der Waals surface area contributed by atoms with Crippen molar-refractivity contribution in [1.82, 2.24) is 4.90 Å². The molecule has 0 amide bonds. The molecule has 1 fully saturated rings.